The Labute approximate surface area is 127 Å². The summed E-state index contributed by atoms with van der Waals surface area (Å²) in [7, 11) is 1.82. The first-order valence-electron chi connectivity index (χ1n) is 7.69. The Bertz CT molecular complexity index is 497. The summed E-state index contributed by atoms with van der Waals surface area (Å²) >= 11 is 0. The number of nitrogens with zero attached hydrogens (tertiary/aromatic N) is 1. The molecule has 0 saturated heterocycles. The highest BCUT2D eigenvalue weighted by Crippen LogP contribution is 2.46. The molecule has 0 spiro atoms. The average Bonchev–Trinajstić information content (AvgIpc) is 3.20. The van der Waals surface area contributed by atoms with Gasteiger partial charge < -0.3 is 15.0 Å². The predicted molar refractivity (Wildman–Crippen MR) is 84.3 cm³/mol. The Morgan fingerprint density at radius 2 is 2.10 bits per heavy atom. The van der Waals surface area contributed by atoms with Crippen LogP contribution < -0.4 is 5.32 Å². The number of aryl methyl sites for hydroxylation is 1. The molecule has 0 bridgehead atoms. The topological polar surface area (TPSA) is 41.6 Å². The number of likely N-dealkylation sites (N-methyl/N-ethyl adjacent to an activating group) is 1. The minimum Gasteiger partial charge on any atom is -0.377 e. The van der Waals surface area contributed by atoms with Gasteiger partial charge in [0, 0.05) is 20.2 Å². The normalized spacial score (nSPS) is 17.1. The standard InChI is InChI=1S/C17H26N2O2/c1-5-21-14(3)12-19(4)16(20)18-17(10-11-17)15-9-7-6-8-13(15)2/h6-9,14H,5,10-12H2,1-4H3,(H,18,20)/t14-/m1/s1. The third kappa shape index (κ3) is 3.76. The first kappa shape index (κ1) is 15.8. The van der Waals surface area contributed by atoms with Gasteiger partial charge in [0.1, 0.15) is 0 Å². The summed E-state index contributed by atoms with van der Waals surface area (Å²) in [5, 5.41) is 3.20. The van der Waals surface area contributed by atoms with Crippen molar-refractivity contribution in [3.8, 4) is 0 Å². The number of hydrogen-bond donors (Lipinski definition) is 1. The number of amides is 2. The summed E-state index contributed by atoms with van der Waals surface area (Å²) in [5.41, 5.74) is 2.32. The lowest BCUT2D eigenvalue weighted by Gasteiger charge is -2.26. The molecule has 1 aliphatic rings. The molecule has 0 radical (unpaired) electrons. The van der Waals surface area contributed by atoms with E-state index in [4.69, 9.17) is 4.74 Å². The highest BCUT2D eigenvalue weighted by atomic mass is 16.5. The number of carbonyl (C=O) groups excluding carboxylic acids is 1. The summed E-state index contributed by atoms with van der Waals surface area (Å²) in [4.78, 5) is 14.1. The second kappa shape index (κ2) is 6.48. The Kier molecular flexibility index (Phi) is 4.88. The fourth-order valence-corrected chi connectivity index (χ4v) is 2.80. The number of nitrogens with one attached hydrogen (secondary N) is 1. The molecular weight excluding hydrogens is 264 g/mol. The number of hydrogen-bond acceptors (Lipinski definition) is 2. The van der Waals surface area contributed by atoms with Crippen molar-refractivity contribution in [3.05, 3.63) is 35.4 Å². The molecule has 2 amide bonds. The maximum Gasteiger partial charge on any atom is 0.317 e. The maximum absolute atomic E-state index is 12.4. The van der Waals surface area contributed by atoms with Gasteiger partial charge in [-0.25, -0.2) is 4.79 Å². The van der Waals surface area contributed by atoms with Gasteiger partial charge in [0.25, 0.3) is 0 Å². The monoisotopic (exact) mass is 290 g/mol. The molecule has 0 heterocycles. The van der Waals surface area contributed by atoms with Crippen LogP contribution in [0.5, 0.6) is 0 Å². The van der Waals surface area contributed by atoms with Crippen molar-refractivity contribution in [3.63, 3.8) is 0 Å². The lowest BCUT2D eigenvalue weighted by molar-refractivity contribution is 0.0576. The van der Waals surface area contributed by atoms with Gasteiger partial charge in [0.15, 0.2) is 0 Å². The molecule has 0 aromatic heterocycles. The van der Waals surface area contributed by atoms with Crippen molar-refractivity contribution in [2.45, 2.75) is 45.3 Å². The molecule has 2 rings (SSSR count). The summed E-state index contributed by atoms with van der Waals surface area (Å²) in [6, 6.07) is 8.26. The molecule has 0 aliphatic heterocycles. The zero-order valence-corrected chi connectivity index (χ0v) is 13.5. The van der Waals surface area contributed by atoms with Crippen molar-refractivity contribution in [2.24, 2.45) is 0 Å². The molecule has 1 aromatic carbocycles. The average molecular weight is 290 g/mol. The van der Waals surface area contributed by atoms with E-state index < -0.39 is 0 Å². The minimum atomic E-state index is -0.161. The second-order valence-corrected chi connectivity index (χ2v) is 5.97. The molecule has 0 unspecified atom stereocenters. The second-order valence-electron chi connectivity index (χ2n) is 5.97. The van der Waals surface area contributed by atoms with Gasteiger partial charge in [-0.2, -0.15) is 0 Å². The van der Waals surface area contributed by atoms with Crippen LogP contribution in [-0.2, 0) is 10.3 Å². The summed E-state index contributed by atoms with van der Waals surface area (Å²) in [5.74, 6) is 0. The number of carbonyl (C=O) groups is 1. The smallest absolute Gasteiger partial charge is 0.317 e. The van der Waals surface area contributed by atoms with E-state index >= 15 is 0 Å². The van der Waals surface area contributed by atoms with Crippen LogP contribution in [-0.4, -0.2) is 37.2 Å². The van der Waals surface area contributed by atoms with E-state index in [-0.39, 0.29) is 17.7 Å². The molecule has 1 aliphatic carbocycles. The lowest BCUT2D eigenvalue weighted by atomic mass is 9.99. The first-order chi connectivity index (χ1) is 9.98. The molecule has 116 valence electrons. The molecule has 1 aromatic rings. The van der Waals surface area contributed by atoms with Crippen LogP contribution in [0.1, 0.15) is 37.8 Å². The molecule has 4 heteroatoms. The zero-order chi connectivity index (χ0) is 15.5. The largest absolute Gasteiger partial charge is 0.377 e. The van der Waals surface area contributed by atoms with E-state index in [0.717, 1.165) is 12.8 Å². The fraction of sp³-hybridized carbons (Fsp3) is 0.588. The molecule has 21 heavy (non-hydrogen) atoms. The first-order valence-corrected chi connectivity index (χ1v) is 7.69. The van der Waals surface area contributed by atoms with E-state index in [1.165, 1.54) is 11.1 Å². The lowest BCUT2D eigenvalue weighted by Crippen LogP contribution is -2.45. The Morgan fingerprint density at radius 1 is 1.43 bits per heavy atom. The summed E-state index contributed by atoms with van der Waals surface area (Å²) in [6.45, 7) is 7.32. The van der Waals surface area contributed by atoms with E-state index in [1.807, 2.05) is 33.0 Å². The third-order valence-electron chi connectivity index (χ3n) is 4.09. The van der Waals surface area contributed by atoms with Crippen molar-refractivity contribution in [2.75, 3.05) is 20.2 Å². The van der Waals surface area contributed by atoms with Gasteiger partial charge in [-0.3, -0.25) is 0 Å². The Hall–Kier alpha value is -1.55. The van der Waals surface area contributed by atoms with Gasteiger partial charge >= 0.3 is 6.03 Å². The van der Waals surface area contributed by atoms with Gasteiger partial charge in [0.2, 0.25) is 0 Å². The van der Waals surface area contributed by atoms with Crippen molar-refractivity contribution in [1.82, 2.24) is 10.2 Å². The SMILES string of the molecule is CCO[C@H](C)CN(C)C(=O)NC1(c2ccccc2C)CC1. The van der Waals surface area contributed by atoms with Crippen LogP contribution >= 0.6 is 0 Å². The number of ether oxygens (including phenoxy) is 1. The molecule has 1 N–H and O–H groups in total. The number of urea groups is 1. The van der Waals surface area contributed by atoms with Crippen LogP contribution in [0.3, 0.4) is 0 Å². The van der Waals surface area contributed by atoms with Crippen LogP contribution in [0.4, 0.5) is 4.79 Å². The molecule has 1 fully saturated rings. The number of benzene rings is 1. The van der Waals surface area contributed by atoms with Crippen molar-refractivity contribution < 1.29 is 9.53 Å². The Balaban J connectivity index is 1.98. The Morgan fingerprint density at radius 3 is 2.67 bits per heavy atom. The summed E-state index contributed by atoms with van der Waals surface area (Å²) in [6.07, 6.45) is 2.08. The predicted octanol–water partition coefficient (Wildman–Crippen LogP) is 3.05. The fourth-order valence-electron chi connectivity index (χ4n) is 2.80. The van der Waals surface area contributed by atoms with Gasteiger partial charge in [-0.1, -0.05) is 24.3 Å². The van der Waals surface area contributed by atoms with Crippen LogP contribution in [0.15, 0.2) is 24.3 Å². The minimum absolute atomic E-state index is 0.0256. The van der Waals surface area contributed by atoms with E-state index in [2.05, 4.69) is 24.4 Å². The van der Waals surface area contributed by atoms with Crippen molar-refractivity contribution >= 4 is 6.03 Å². The highest BCUT2D eigenvalue weighted by molar-refractivity contribution is 5.75. The van der Waals surface area contributed by atoms with Crippen molar-refractivity contribution in [1.29, 1.82) is 0 Å². The van der Waals surface area contributed by atoms with E-state index in [9.17, 15) is 4.79 Å². The van der Waals surface area contributed by atoms with Crippen LogP contribution in [0.2, 0.25) is 0 Å². The van der Waals surface area contributed by atoms with Crippen LogP contribution in [0.25, 0.3) is 0 Å². The summed E-state index contributed by atoms with van der Waals surface area (Å²) < 4.78 is 5.49. The maximum atomic E-state index is 12.4. The molecule has 4 nitrogen and oxygen atoms in total. The zero-order valence-electron chi connectivity index (χ0n) is 13.5. The highest BCUT2D eigenvalue weighted by Gasteiger charge is 2.46. The van der Waals surface area contributed by atoms with Crippen LogP contribution in [0, 0.1) is 6.92 Å². The molecule has 1 atom stereocenters. The molecule has 1 saturated carbocycles. The third-order valence-corrected chi connectivity index (χ3v) is 4.09. The van der Waals surface area contributed by atoms with Gasteiger partial charge in [-0.15, -0.1) is 0 Å². The molecular formula is C17H26N2O2. The quantitative estimate of drug-likeness (QED) is 0.875. The van der Waals surface area contributed by atoms with E-state index in [1.54, 1.807) is 4.90 Å². The van der Waals surface area contributed by atoms with Gasteiger partial charge in [0.05, 0.1) is 11.6 Å². The number of rotatable bonds is 6. The van der Waals surface area contributed by atoms with Gasteiger partial charge in [-0.05, 0) is 44.7 Å². The van der Waals surface area contributed by atoms with E-state index in [0.29, 0.717) is 13.2 Å².